The molecule has 0 fully saturated rings. The molecule has 0 amide bonds. The summed E-state index contributed by atoms with van der Waals surface area (Å²) in [6.45, 7) is 7.25. The van der Waals surface area contributed by atoms with Gasteiger partial charge in [0, 0.05) is 18.8 Å². The van der Waals surface area contributed by atoms with Crippen molar-refractivity contribution in [2.24, 2.45) is 0 Å². The Hall–Kier alpha value is -0.280. The first-order chi connectivity index (χ1) is 9.36. The van der Waals surface area contributed by atoms with Crippen LogP contribution >= 0.6 is 0 Å². The second kappa shape index (κ2) is 12.3. The van der Waals surface area contributed by atoms with Gasteiger partial charge in [-0.15, -0.1) is 0 Å². The van der Waals surface area contributed by atoms with E-state index in [0.717, 1.165) is 13.2 Å². The normalized spacial score (nSPS) is 10.3. The zero-order chi connectivity index (χ0) is 15.6. The van der Waals surface area contributed by atoms with E-state index < -0.39 is 10.1 Å². The van der Waals surface area contributed by atoms with Gasteiger partial charge in [-0.1, -0.05) is 18.2 Å². The van der Waals surface area contributed by atoms with Crippen LogP contribution in [0.2, 0.25) is 0 Å². The fourth-order valence-electron chi connectivity index (χ4n) is 1.33. The Morgan fingerprint density at radius 2 is 1.71 bits per heavy atom. The largest absolute Gasteiger partial charge is 1.00 e. The van der Waals surface area contributed by atoms with E-state index in [1.807, 2.05) is 20.8 Å². The van der Waals surface area contributed by atoms with Crippen LogP contribution in [0.1, 0.15) is 32.6 Å². The van der Waals surface area contributed by atoms with Crippen LogP contribution in [0.15, 0.2) is 29.2 Å². The Morgan fingerprint density at radius 3 is 2.05 bits per heavy atom. The van der Waals surface area contributed by atoms with Gasteiger partial charge < -0.3 is 10.9 Å². The van der Waals surface area contributed by atoms with Gasteiger partial charge in [-0.2, -0.15) is 8.42 Å². The molecule has 1 aromatic rings. The molecule has 1 rings (SSSR count). The van der Waals surface area contributed by atoms with Gasteiger partial charge in [0.15, 0.2) is 12.6 Å². The Morgan fingerprint density at radius 1 is 1.24 bits per heavy atom. The van der Waals surface area contributed by atoms with Crippen molar-refractivity contribution in [1.82, 2.24) is 0 Å². The summed E-state index contributed by atoms with van der Waals surface area (Å²) in [6, 6.07) is 5.42. The predicted octanol–water partition coefficient (Wildman–Crippen LogP) is -0.732. The molecule has 0 atom stereocenters. The summed E-state index contributed by atoms with van der Waals surface area (Å²) in [5, 5.41) is 0. The van der Waals surface area contributed by atoms with Gasteiger partial charge in [0.25, 0.3) is 10.1 Å². The van der Waals surface area contributed by atoms with Crippen LogP contribution in [0, 0.1) is 0 Å². The molecule has 0 bridgehead atoms. The number of aldehydes is 1. The van der Waals surface area contributed by atoms with Crippen molar-refractivity contribution in [3.05, 3.63) is 29.8 Å². The monoisotopic (exact) mass is 328 g/mol. The molecule has 1 N–H and O–H groups in total. The SMILES string of the molecule is CCOC(C)OCC.O=Cc1ccccc1S(=O)(=O)O.[H-].[Na+]. The second-order valence-electron chi connectivity index (χ2n) is 3.61. The maximum atomic E-state index is 10.6. The van der Waals surface area contributed by atoms with Crippen molar-refractivity contribution >= 4 is 16.4 Å². The molecule has 0 radical (unpaired) electrons. The van der Waals surface area contributed by atoms with E-state index in [1.54, 1.807) is 0 Å². The van der Waals surface area contributed by atoms with Gasteiger partial charge in [0.05, 0.1) is 0 Å². The Bertz CT molecular complexity index is 503. The van der Waals surface area contributed by atoms with Crippen LogP contribution in [-0.2, 0) is 19.6 Å². The van der Waals surface area contributed by atoms with Crippen LogP contribution in [0.4, 0.5) is 0 Å². The summed E-state index contributed by atoms with van der Waals surface area (Å²) in [4.78, 5) is 9.94. The number of hydrogen-bond donors (Lipinski definition) is 1. The molecule has 0 saturated heterocycles. The third kappa shape index (κ3) is 10.1. The van der Waals surface area contributed by atoms with Crippen molar-refractivity contribution in [3.63, 3.8) is 0 Å². The molecule has 8 heteroatoms. The number of carbonyl (C=O) groups excluding carboxylic acids is 1. The van der Waals surface area contributed by atoms with E-state index >= 15 is 0 Å². The van der Waals surface area contributed by atoms with E-state index in [9.17, 15) is 13.2 Å². The second-order valence-corrected chi connectivity index (χ2v) is 5.00. The quantitative estimate of drug-likeness (QED) is 0.320. The van der Waals surface area contributed by atoms with E-state index in [2.05, 4.69) is 0 Å². The van der Waals surface area contributed by atoms with Crippen molar-refractivity contribution in [1.29, 1.82) is 0 Å². The fraction of sp³-hybridized carbons (Fsp3) is 0.462. The Kier molecular flexibility index (Phi) is 13.4. The maximum Gasteiger partial charge on any atom is 1.00 e. The average molecular weight is 328 g/mol. The summed E-state index contributed by atoms with van der Waals surface area (Å²) >= 11 is 0. The molecule has 0 spiro atoms. The van der Waals surface area contributed by atoms with Gasteiger partial charge in [-0.25, -0.2) is 0 Å². The topological polar surface area (TPSA) is 89.9 Å². The summed E-state index contributed by atoms with van der Waals surface area (Å²) in [5.41, 5.74) is -0.0417. The van der Waals surface area contributed by atoms with E-state index in [-0.39, 0.29) is 47.7 Å². The van der Waals surface area contributed by atoms with E-state index in [0.29, 0.717) is 6.29 Å². The van der Waals surface area contributed by atoms with Crippen LogP contribution in [0.5, 0.6) is 0 Å². The summed E-state index contributed by atoms with van der Waals surface area (Å²) < 4.78 is 40.0. The van der Waals surface area contributed by atoms with E-state index in [4.69, 9.17) is 14.0 Å². The van der Waals surface area contributed by atoms with Gasteiger partial charge in [-0.05, 0) is 26.8 Å². The summed E-state index contributed by atoms with van der Waals surface area (Å²) in [5.74, 6) is 0. The standard InChI is InChI=1S/C7H6O4S.C6H14O2.Na.H/c8-5-6-3-1-2-4-7(6)12(9,10)11;1-4-7-6(3)8-5-2;;/h1-5H,(H,9,10,11);6H,4-5H2,1-3H3;;/q;;+1;-1. The van der Waals surface area contributed by atoms with Gasteiger partial charge in [0.2, 0.25) is 0 Å². The zero-order valence-electron chi connectivity index (χ0n) is 13.8. The van der Waals surface area contributed by atoms with Crippen molar-refractivity contribution < 1.29 is 58.2 Å². The van der Waals surface area contributed by atoms with Crippen LogP contribution < -0.4 is 29.6 Å². The molecule has 6 nitrogen and oxygen atoms in total. The molecule has 0 heterocycles. The Labute approximate surface area is 149 Å². The molecule has 0 aliphatic rings. The number of rotatable bonds is 6. The van der Waals surface area contributed by atoms with Crippen LogP contribution in [0.25, 0.3) is 0 Å². The van der Waals surface area contributed by atoms with Crippen molar-refractivity contribution in [3.8, 4) is 0 Å². The number of carbonyl (C=O) groups is 1. The zero-order valence-corrected chi connectivity index (χ0v) is 15.6. The minimum absolute atomic E-state index is 0. The fourth-order valence-corrected chi connectivity index (χ4v) is 1.99. The maximum absolute atomic E-state index is 10.6. The van der Waals surface area contributed by atoms with Crippen molar-refractivity contribution in [2.45, 2.75) is 32.0 Å². The first-order valence-electron chi connectivity index (χ1n) is 6.11. The smallest absolute Gasteiger partial charge is 1.00 e. The first-order valence-corrected chi connectivity index (χ1v) is 7.55. The minimum atomic E-state index is -4.28. The Balaban J connectivity index is -0.000000323. The van der Waals surface area contributed by atoms with E-state index in [1.165, 1.54) is 24.3 Å². The molecule has 1 aromatic carbocycles. The molecular formula is C13H21NaO6S. The molecule has 0 aromatic heterocycles. The third-order valence-electron chi connectivity index (χ3n) is 2.13. The molecule has 116 valence electrons. The summed E-state index contributed by atoms with van der Waals surface area (Å²) in [7, 11) is -4.28. The molecular weight excluding hydrogens is 307 g/mol. The molecule has 0 saturated carbocycles. The summed E-state index contributed by atoms with van der Waals surface area (Å²) in [6.07, 6.45) is 0.341. The van der Waals surface area contributed by atoms with Gasteiger partial charge >= 0.3 is 29.6 Å². The van der Waals surface area contributed by atoms with Crippen molar-refractivity contribution in [2.75, 3.05) is 13.2 Å². The van der Waals surface area contributed by atoms with Crippen LogP contribution in [0.3, 0.4) is 0 Å². The molecule has 21 heavy (non-hydrogen) atoms. The van der Waals surface area contributed by atoms with Gasteiger partial charge in [-0.3, -0.25) is 9.35 Å². The first kappa shape index (κ1) is 23.0. The number of benzene rings is 1. The molecule has 0 aliphatic heterocycles. The van der Waals surface area contributed by atoms with Crippen LogP contribution in [-0.4, -0.2) is 38.8 Å². The number of ether oxygens (including phenoxy) is 2. The predicted molar refractivity (Wildman–Crippen MR) is 75.5 cm³/mol. The minimum Gasteiger partial charge on any atom is -1.00 e. The van der Waals surface area contributed by atoms with Gasteiger partial charge in [0.1, 0.15) is 4.90 Å². The average Bonchev–Trinajstić information content (AvgIpc) is 2.39. The third-order valence-corrected chi connectivity index (χ3v) is 3.05. The number of hydrogen-bond acceptors (Lipinski definition) is 5. The molecule has 0 unspecified atom stereocenters. The molecule has 0 aliphatic carbocycles.